The molecule has 0 aliphatic carbocycles. The number of nitrogens with zero attached hydrogens (tertiary/aromatic N) is 2. The van der Waals surface area contributed by atoms with E-state index in [4.69, 9.17) is 11.6 Å². The molecule has 108 valence electrons. The lowest BCUT2D eigenvalue weighted by Gasteiger charge is -2.09. The predicted molar refractivity (Wildman–Crippen MR) is 84.5 cm³/mol. The monoisotopic (exact) mass is 302 g/mol. The summed E-state index contributed by atoms with van der Waals surface area (Å²) in [6.07, 6.45) is 2.92. The Balaban J connectivity index is 2.11. The number of nitrogens with one attached hydrogen (secondary N) is 2. The summed E-state index contributed by atoms with van der Waals surface area (Å²) in [5.74, 6) is 0.692. The Bertz CT molecular complexity index is 769. The van der Waals surface area contributed by atoms with Crippen molar-refractivity contribution in [2.75, 3.05) is 11.9 Å². The van der Waals surface area contributed by atoms with Crippen LogP contribution in [0.1, 0.15) is 6.92 Å². The van der Waals surface area contributed by atoms with Crippen LogP contribution in [0.4, 0.5) is 5.82 Å². The first-order valence-electron chi connectivity index (χ1n) is 6.65. The normalized spacial score (nSPS) is 12.5. The molecule has 0 saturated carbocycles. The van der Waals surface area contributed by atoms with Crippen molar-refractivity contribution in [3.8, 4) is 11.1 Å². The number of aliphatic hydroxyl groups excluding tert-OH is 1. The van der Waals surface area contributed by atoms with Gasteiger partial charge in [0.1, 0.15) is 17.8 Å². The lowest BCUT2D eigenvalue weighted by molar-refractivity contribution is 0.208. The summed E-state index contributed by atoms with van der Waals surface area (Å²) in [5, 5.41) is 14.1. The lowest BCUT2D eigenvalue weighted by Crippen LogP contribution is -2.16. The van der Waals surface area contributed by atoms with Crippen molar-refractivity contribution in [2.24, 2.45) is 0 Å². The maximum Gasteiger partial charge on any atom is 0.143 e. The molecule has 1 unspecified atom stereocenters. The van der Waals surface area contributed by atoms with Crippen molar-refractivity contribution in [1.29, 1.82) is 0 Å². The highest BCUT2D eigenvalue weighted by atomic mass is 35.5. The van der Waals surface area contributed by atoms with Gasteiger partial charge >= 0.3 is 0 Å². The van der Waals surface area contributed by atoms with E-state index < -0.39 is 6.10 Å². The first-order chi connectivity index (χ1) is 10.1. The molecule has 0 spiro atoms. The van der Waals surface area contributed by atoms with Gasteiger partial charge in [0.2, 0.25) is 0 Å². The van der Waals surface area contributed by atoms with Crippen LogP contribution in [0.3, 0.4) is 0 Å². The molecule has 3 N–H and O–H groups in total. The fraction of sp³-hybridized carbons (Fsp3) is 0.200. The summed E-state index contributed by atoms with van der Waals surface area (Å²) in [5.41, 5.74) is 2.71. The Morgan fingerprint density at radius 1 is 1.38 bits per heavy atom. The fourth-order valence-corrected chi connectivity index (χ4v) is 2.42. The minimum atomic E-state index is -0.455. The van der Waals surface area contributed by atoms with Crippen molar-refractivity contribution in [1.82, 2.24) is 15.0 Å². The smallest absolute Gasteiger partial charge is 0.143 e. The molecule has 2 heterocycles. The summed E-state index contributed by atoms with van der Waals surface area (Å²) in [6.45, 7) is 2.15. The van der Waals surface area contributed by atoms with E-state index in [-0.39, 0.29) is 0 Å². The predicted octanol–water partition coefficient (Wildman–Crippen LogP) is 3.07. The first kappa shape index (κ1) is 13.9. The number of hydrogen-bond acceptors (Lipinski definition) is 4. The molecule has 21 heavy (non-hydrogen) atoms. The maximum atomic E-state index is 9.43. The van der Waals surface area contributed by atoms with E-state index in [1.54, 1.807) is 6.92 Å². The number of benzene rings is 1. The zero-order chi connectivity index (χ0) is 14.8. The minimum Gasteiger partial charge on any atom is -0.392 e. The lowest BCUT2D eigenvalue weighted by atomic mass is 10.1. The molecule has 0 radical (unpaired) electrons. The SMILES string of the molecule is CC(O)CNc1ncnc2[nH]cc(-c3cccc(Cl)c3)c12. The maximum absolute atomic E-state index is 9.43. The number of anilines is 1. The van der Waals surface area contributed by atoms with Crippen molar-refractivity contribution < 1.29 is 5.11 Å². The molecule has 0 amide bonds. The summed E-state index contributed by atoms with van der Waals surface area (Å²) in [7, 11) is 0. The average molecular weight is 303 g/mol. The molecule has 1 aromatic carbocycles. The fourth-order valence-electron chi connectivity index (χ4n) is 2.22. The molecule has 0 aliphatic heterocycles. The van der Waals surface area contributed by atoms with Crippen LogP contribution in [-0.2, 0) is 0 Å². The molecule has 3 rings (SSSR count). The van der Waals surface area contributed by atoms with E-state index in [1.807, 2.05) is 30.5 Å². The number of rotatable bonds is 4. The third-order valence-electron chi connectivity index (χ3n) is 3.17. The van der Waals surface area contributed by atoms with Crippen LogP contribution in [0.5, 0.6) is 0 Å². The molecule has 0 saturated heterocycles. The first-order valence-corrected chi connectivity index (χ1v) is 7.03. The second kappa shape index (κ2) is 5.71. The minimum absolute atomic E-state index is 0.423. The quantitative estimate of drug-likeness (QED) is 0.692. The third kappa shape index (κ3) is 2.84. The van der Waals surface area contributed by atoms with Crippen molar-refractivity contribution in [3.63, 3.8) is 0 Å². The number of aliphatic hydroxyl groups is 1. The van der Waals surface area contributed by atoms with E-state index in [1.165, 1.54) is 6.33 Å². The van der Waals surface area contributed by atoms with Gasteiger partial charge in [-0.05, 0) is 24.6 Å². The molecule has 0 aliphatic rings. The van der Waals surface area contributed by atoms with Gasteiger partial charge in [-0.15, -0.1) is 0 Å². The average Bonchev–Trinajstić information content (AvgIpc) is 2.89. The van der Waals surface area contributed by atoms with Crippen LogP contribution in [0.15, 0.2) is 36.8 Å². The van der Waals surface area contributed by atoms with E-state index in [2.05, 4.69) is 20.3 Å². The molecule has 6 heteroatoms. The van der Waals surface area contributed by atoms with Gasteiger partial charge < -0.3 is 15.4 Å². The molecule has 3 aromatic rings. The number of fused-ring (bicyclic) bond motifs is 1. The zero-order valence-electron chi connectivity index (χ0n) is 11.5. The van der Waals surface area contributed by atoms with Crippen LogP contribution in [0.2, 0.25) is 5.02 Å². The van der Waals surface area contributed by atoms with Gasteiger partial charge in [0.25, 0.3) is 0 Å². The summed E-state index contributed by atoms with van der Waals surface area (Å²) in [6, 6.07) is 7.63. The molecular weight excluding hydrogens is 288 g/mol. The second-order valence-electron chi connectivity index (χ2n) is 4.89. The standard InChI is InChI=1S/C15H15ClN4O/c1-9(21)6-17-14-13-12(7-18-15(13)20-8-19-14)10-3-2-4-11(16)5-10/h2-5,7-9,21H,6H2,1H3,(H2,17,18,19,20). The Kier molecular flexibility index (Phi) is 3.77. The highest BCUT2D eigenvalue weighted by molar-refractivity contribution is 6.30. The van der Waals surface area contributed by atoms with Crippen LogP contribution >= 0.6 is 11.6 Å². The number of hydrogen-bond donors (Lipinski definition) is 3. The Morgan fingerprint density at radius 2 is 2.24 bits per heavy atom. The highest BCUT2D eigenvalue weighted by Crippen LogP contribution is 2.32. The third-order valence-corrected chi connectivity index (χ3v) is 3.41. The van der Waals surface area contributed by atoms with E-state index in [0.29, 0.717) is 17.4 Å². The van der Waals surface area contributed by atoms with Gasteiger partial charge in [0, 0.05) is 23.3 Å². The van der Waals surface area contributed by atoms with Crippen LogP contribution in [0, 0.1) is 0 Å². The van der Waals surface area contributed by atoms with Crippen LogP contribution < -0.4 is 5.32 Å². The van der Waals surface area contributed by atoms with Gasteiger partial charge in [-0.25, -0.2) is 9.97 Å². The summed E-state index contributed by atoms with van der Waals surface area (Å²) in [4.78, 5) is 11.6. The van der Waals surface area contributed by atoms with E-state index in [0.717, 1.165) is 22.2 Å². The summed E-state index contributed by atoms with van der Waals surface area (Å²) < 4.78 is 0. The molecule has 2 aromatic heterocycles. The molecule has 5 nitrogen and oxygen atoms in total. The Morgan fingerprint density at radius 3 is 3.00 bits per heavy atom. The molecule has 1 atom stereocenters. The van der Waals surface area contributed by atoms with E-state index in [9.17, 15) is 5.11 Å². The summed E-state index contributed by atoms with van der Waals surface area (Å²) >= 11 is 6.07. The zero-order valence-corrected chi connectivity index (χ0v) is 12.2. The number of H-pyrrole nitrogens is 1. The highest BCUT2D eigenvalue weighted by Gasteiger charge is 2.13. The van der Waals surface area contributed by atoms with Gasteiger partial charge in [-0.1, -0.05) is 23.7 Å². The second-order valence-corrected chi connectivity index (χ2v) is 5.32. The van der Waals surface area contributed by atoms with Crippen LogP contribution in [-0.4, -0.2) is 32.7 Å². The van der Waals surface area contributed by atoms with Gasteiger partial charge in [-0.2, -0.15) is 0 Å². The van der Waals surface area contributed by atoms with Crippen LogP contribution in [0.25, 0.3) is 22.2 Å². The van der Waals surface area contributed by atoms with Gasteiger partial charge in [0.05, 0.1) is 11.5 Å². The Hall–Kier alpha value is -2.11. The number of aromatic amines is 1. The van der Waals surface area contributed by atoms with Gasteiger partial charge in [-0.3, -0.25) is 0 Å². The molecule has 0 bridgehead atoms. The molecule has 0 fully saturated rings. The number of aromatic nitrogens is 3. The van der Waals surface area contributed by atoms with Crippen molar-refractivity contribution >= 4 is 28.5 Å². The van der Waals surface area contributed by atoms with Crippen molar-refractivity contribution in [3.05, 3.63) is 41.8 Å². The van der Waals surface area contributed by atoms with Crippen molar-refractivity contribution in [2.45, 2.75) is 13.0 Å². The topological polar surface area (TPSA) is 73.8 Å². The van der Waals surface area contributed by atoms with E-state index >= 15 is 0 Å². The number of halogens is 1. The largest absolute Gasteiger partial charge is 0.392 e. The van der Waals surface area contributed by atoms with Gasteiger partial charge in [0.15, 0.2) is 0 Å². The Labute approximate surface area is 127 Å². The molecular formula is C15H15ClN4O.